The zero-order chi connectivity index (χ0) is 9.97. The monoisotopic (exact) mass is 266 g/mol. The van der Waals surface area contributed by atoms with Crippen molar-refractivity contribution < 1.29 is 18.9 Å². The molecule has 2 aliphatic heterocycles. The first-order valence-electron chi connectivity index (χ1n) is 4.80. The highest BCUT2D eigenvalue weighted by atomic mass is 79.9. The highest BCUT2D eigenvalue weighted by molar-refractivity contribution is 9.09. The van der Waals surface area contributed by atoms with Crippen molar-refractivity contribution in [1.82, 2.24) is 0 Å². The number of hydrogen-bond donors (Lipinski definition) is 0. The van der Waals surface area contributed by atoms with Crippen molar-refractivity contribution >= 4 is 15.9 Å². The van der Waals surface area contributed by atoms with Crippen molar-refractivity contribution in [2.24, 2.45) is 0 Å². The number of halogens is 1. The van der Waals surface area contributed by atoms with E-state index in [9.17, 15) is 0 Å². The maximum atomic E-state index is 5.61. The summed E-state index contributed by atoms with van der Waals surface area (Å²) in [5.41, 5.74) is 0. The number of methoxy groups -OCH3 is 1. The van der Waals surface area contributed by atoms with Gasteiger partial charge in [-0.15, -0.1) is 0 Å². The van der Waals surface area contributed by atoms with Crippen molar-refractivity contribution in [3.8, 4) is 0 Å². The molecular formula is C9H15BrO4. The van der Waals surface area contributed by atoms with Gasteiger partial charge in [0.2, 0.25) is 0 Å². The van der Waals surface area contributed by atoms with Crippen molar-refractivity contribution in [3.63, 3.8) is 0 Å². The SMILES string of the molecule is CO[C@@H]1CO[C@@H]2C(OCCBr)CO[C@@H]21. The Hall–Kier alpha value is 0.320. The predicted molar refractivity (Wildman–Crippen MR) is 53.8 cm³/mol. The zero-order valence-electron chi connectivity index (χ0n) is 8.15. The second-order valence-electron chi connectivity index (χ2n) is 3.47. The fourth-order valence-corrected chi connectivity index (χ4v) is 2.16. The van der Waals surface area contributed by atoms with Gasteiger partial charge in [-0.3, -0.25) is 0 Å². The number of hydrogen-bond acceptors (Lipinski definition) is 4. The Labute approximate surface area is 92.0 Å². The van der Waals surface area contributed by atoms with Gasteiger partial charge in [0.15, 0.2) is 0 Å². The molecule has 2 rings (SSSR count). The Morgan fingerprint density at radius 2 is 1.86 bits per heavy atom. The minimum atomic E-state index is 0.0546. The third-order valence-electron chi connectivity index (χ3n) is 2.67. The highest BCUT2D eigenvalue weighted by Crippen LogP contribution is 2.29. The van der Waals surface area contributed by atoms with Gasteiger partial charge >= 0.3 is 0 Å². The molecular weight excluding hydrogens is 252 g/mol. The van der Waals surface area contributed by atoms with Crippen molar-refractivity contribution in [1.29, 1.82) is 0 Å². The molecule has 4 nitrogen and oxygen atoms in total. The zero-order valence-corrected chi connectivity index (χ0v) is 9.73. The Morgan fingerprint density at radius 1 is 1.21 bits per heavy atom. The molecule has 0 bridgehead atoms. The third-order valence-corrected chi connectivity index (χ3v) is 3.00. The average Bonchev–Trinajstić information content (AvgIpc) is 2.75. The molecule has 2 fully saturated rings. The van der Waals surface area contributed by atoms with Gasteiger partial charge in [0.25, 0.3) is 0 Å². The molecule has 1 unspecified atom stereocenters. The lowest BCUT2D eigenvalue weighted by Crippen LogP contribution is -2.33. The van der Waals surface area contributed by atoms with E-state index in [0.717, 1.165) is 5.33 Å². The van der Waals surface area contributed by atoms with Crippen LogP contribution in [0.4, 0.5) is 0 Å². The normalized spacial score (nSPS) is 41.6. The second-order valence-corrected chi connectivity index (χ2v) is 4.26. The lowest BCUT2D eigenvalue weighted by Gasteiger charge is -2.15. The molecule has 0 aliphatic carbocycles. The van der Waals surface area contributed by atoms with Crippen LogP contribution in [0.1, 0.15) is 0 Å². The van der Waals surface area contributed by atoms with E-state index in [0.29, 0.717) is 19.8 Å². The summed E-state index contributed by atoms with van der Waals surface area (Å²) < 4.78 is 22.1. The molecule has 0 N–H and O–H groups in total. The fraction of sp³-hybridized carbons (Fsp3) is 1.00. The third kappa shape index (κ3) is 1.97. The van der Waals surface area contributed by atoms with E-state index >= 15 is 0 Å². The smallest absolute Gasteiger partial charge is 0.115 e. The van der Waals surface area contributed by atoms with E-state index in [1.54, 1.807) is 7.11 Å². The van der Waals surface area contributed by atoms with Crippen molar-refractivity contribution in [2.75, 3.05) is 32.3 Å². The minimum Gasteiger partial charge on any atom is -0.376 e. The average molecular weight is 267 g/mol. The molecule has 2 saturated heterocycles. The van der Waals surface area contributed by atoms with Crippen LogP contribution in [0.25, 0.3) is 0 Å². The molecule has 0 amide bonds. The summed E-state index contributed by atoms with van der Waals surface area (Å²) in [5.74, 6) is 0. The summed E-state index contributed by atoms with van der Waals surface area (Å²) in [6, 6.07) is 0. The second kappa shape index (κ2) is 4.90. The van der Waals surface area contributed by atoms with Gasteiger partial charge in [0.1, 0.15) is 24.4 Å². The maximum absolute atomic E-state index is 5.61. The predicted octanol–water partition coefficient (Wildman–Crippen LogP) is 0.579. The van der Waals surface area contributed by atoms with Crippen LogP contribution in [0.2, 0.25) is 0 Å². The minimum absolute atomic E-state index is 0.0546. The van der Waals surface area contributed by atoms with Crippen LogP contribution in [-0.2, 0) is 18.9 Å². The summed E-state index contributed by atoms with van der Waals surface area (Å²) in [6.45, 7) is 1.92. The molecule has 0 radical (unpaired) electrons. The van der Waals surface area contributed by atoms with Crippen LogP contribution in [0.5, 0.6) is 0 Å². The quantitative estimate of drug-likeness (QED) is 0.698. The van der Waals surface area contributed by atoms with E-state index in [2.05, 4.69) is 15.9 Å². The van der Waals surface area contributed by atoms with Gasteiger partial charge in [-0.1, -0.05) is 15.9 Å². The molecule has 2 aliphatic rings. The highest BCUT2D eigenvalue weighted by Gasteiger charge is 2.48. The molecule has 0 aromatic heterocycles. The first kappa shape index (κ1) is 10.8. The maximum Gasteiger partial charge on any atom is 0.115 e. The number of alkyl halides is 1. The Kier molecular flexibility index (Phi) is 3.79. The van der Waals surface area contributed by atoms with Gasteiger partial charge in [0.05, 0.1) is 19.8 Å². The summed E-state index contributed by atoms with van der Waals surface area (Å²) >= 11 is 3.32. The Bertz CT molecular complexity index is 190. The summed E-state index contributed by atoms with van der Waals surface area (Å²) in [5, 5.41) is 0.842. The first-order chi connectivity index (χ1) is 6.86. The van der Waals surface area contributed by atoms with E-state index < -0.39 is 0 Å². The van der Waals surface area contributed by atoms with Crippen LogP contribution in [-0.4, -0.2) is 56.7 Å². The topological polar surface area (TPSA) is 36.9 Å². The lowest BCUT2D eigenvalue weighted by molar-refractivity contribution is -0.0375. The molecule has 2 heterocycles. The summed E-state index contributed by atoms with van der Waals surface area (Å²) in [7, 11) is 1.69. The molecule has 4 atom stereocenters. The van der Waals surface area contributed by atoms with Crippen LogP contribution in [0.3, 0.4) is 0 Å². The van der Waals surface area contributed by atoms with Gasteiger partial charge in [0, 0.05) is 12.4 Å². The molecule has 0 spiro atoms. The van der Waals surface area contributed by atoms with E-state index in [1.807, 2.05) is 0 Å². The van der Waals surface area contributed by atoms with Crippen LogP contribution in [0, 0.1) is 0 Å². The summed E-state index contributed by atoms with van der Waals surface area (Å²) in [6.07, 6.45) is 0.245. The molecule has 0 aromatic carbocycles. The largest absolute Gasteiger partial charge is 0.376 e. The first-order valence-corrected chi connectivity index (χ1v) is 5.92. The van der Waals surface area contributed by atoms with Crippen molar-refractivity contribution in [3.05, 3.63) is 0 Å². The van der Waals surface area contributed by atoms with Crippen LogP contribution >= 0.6 is 15.9 Å². The standard InChI is InChI=1S/C9H15BrO4/c1-11-6-4-13-9-7(12-3-2-10)5-14-8(6)9/h6-9H,2-5H2,1H3/t6-,7?,8-,9-/m1/s1. The molecule has 14 heavy (non-hydrogen) atoms. The molecule has 82 valence electrons. The number of rotatable bonds is 4. The van der Waals surface area contributed by atoms with Crippen LogP contribution < -0.4 is 0 Å². The summed E-state index contributed by atoms with van der Waals surface area (Å²) in [4.78, 5) is 0. The Balaban J connectivity index is 1.87. The van der Waals surface area contributed by atoms with Gasteiger partial charge in [-0.25, -0.2) is 0 Å². The number of fused-ring (bicyclic) bond motifs is 1. The molecule has 0 saturated carbocycles. The van der Waals surface area contributed by atoms with Gasteiger partial charge in [-0.05, 0) is 0 Å². The van der Waals surface area contributed by atoms with E-state index in [1.165, 1.54) is 0 Å². The van der Waals surface area contributed by atoms with Gasteiger partial charge < -0.3 is 18.9 Å². The van der Waals surface area contributed by atoms with Gasteiger partial charge in [-0.2, -0.15) is 0 Å². The van der Waals surface area contributed by atoms with Crippen molar-refractivity contribution in [2.45, 2.75) is 24.4 Å². The van der Waals surface area contributed by atoms with E-state index in [-0.39, 0.29) is 24.4 Å². The Morgan fingerprint density at radius 3 is 2.50 bits per heavy atom. The fourth-order valence-electron chi connectivity index (χ4n) is 1.97. The molecule has 0 aromatic rings. The molecule has 5 heteroatoms. The van der Waals surface area contributed by atoms with Crippen LogP contribution in [0.15, 0.2) is 0 Å². The van der Waals surface area contributed by atoms with E-state index in [4.69, 9.17) is 18.9 Å². The number of ether oxygens (including phenoxy) is 4. The lowest BCUT2D eigenvalue weighted by atomic mass is 10.1.